The van der Waals surface area contributed by atoms with E-state index in [1.165, 1.54) is 12.4 Å². The molecule has 1 fully saturated rings. The number of carbonyl (C=O) groups is 2. The van der Waals surface area contributed by atoms with E-state index in [0.717, 1.165) is 6.42 Å². The third-order valence-electron chi connectivity index (χ3n) is 4.03. The van der Waals surface area contributed by atoms with Crippen molar-refractivity contribution in [2.45, 2.75) is 32.6 Å². The number of hydrogen-bond donors (Lipinski definition) is 1. The number of piperidine rings is 1. The molecule has 1 aromatic heterocycles. The van der Waals surface area contributed by atoms with E-state index in [9.17, 15) is 14.7 Å². The summed E-state index contributed by atoms with van der Waals surface area (Å²) in [6.07, 6.45) is 5.09. The van der Waals surface area contributed by atoms with E-state index < -0.39 is 11.4 Å². The highest BCUT2D eigenvalue weighted by Gasteiger charge is 2.41. The zero-order valence-corrected chi connectivity index (χ0v) is 12.6. The third-order valence-corrected chi connectivity index (χ3v) is 4.22. The van der Waals surface area contributed by atoms with Crippen LogP contribution in [0.3, 0.4) is 0 Å². The lowest BCUT2D eigenvalue weighted by molar-refractivity contribution is -0.152. The molecule has 0 aromatic carbocycles. The number of carboxylic acids is 1. The fraction of sp³-hybridized carbons (Fsp3) is 0.571. The van der Waals surface area contributed by atoms with Crippen LogP contribution >= 0.6 is 11.6 Å². The second-order valence-electron chi connectivity index (χ2n) is 5.35. The van der Waals surface area contributed by atoms with Gasteiger partial charge in [0.2, 0.25) is 0 Å². The fourth-order valence-electron chi connectivity index (χ4n) is 2.77. The fourth-order valence-corrected chi connectivity index (χ4v) is 2.87. The van der Waals surface area contributed by atoms with Gasteiger partial charge in [-0.2, -0.15) is 0 Å². The quantitative estimate of drug-likeness (QED) is 0.922. The van der Waals surface area contributed by atoms with Gasteiger partial charge in [0.15, 0.2) is 0 Å². The molecule has 1 aliphatic rings. The van der Waals surface area contributed by atoms with E-state index >= 15 is 0 Å². The van der Waals surface area contributed by atoms with Gasteiger partial charge in [0.25, 0.3) is 5.91 Å². The SMILES string of the molecule is CCCC1(C(=O)O)CCN(C(=O)c2cnc(Cl)cn2)CC1. The van der Waals surface area contributed by atoms with E-state index in [1.807, 2.05) is 6.92 Å². The van der Waals surface area contributed by atoms with Crippen molar-refractivity contribution in [3.05, 3.63) is 23.2 Å². The van der Waals surface area contributed by atoms with Crippen molar-refractivity contribution in [2.75, 3.05) is 13.1 Å². The molecule has 2 heterocycles. The molecular weight excluding hydrogens is 294 g/mol. The van der Waals surface area contributed by atoms with Gasteiger partial charge < -0.3 is 10.0 Å². The average Bonchev–Trinajstić information content (AvgIpc) is 2.48. The lowest BCUT2D eigenvalue weighted by Crippen LogP contribution is -2.46. The summed E-state index contributed by atoms with van der Waals surface area (Å²) in [5, 5.41) is 9.69. The molecule has 114 valence electrons. The standard InChI is InChI=1S/C14H18ClN3O3/c1-2-3-14(13(20)21)4-6-18(7-5-14)12(19)10-8-17-11(15)9-16-10/h8-9H,2-7H2,1H3,(H,20,21). The van der Waals surface area contributed by atoms with Gasteiger partial charge in [0, 0.05) is 13.1 Å². The Balaban J connectivity index is 2.04. The van der Waals surface area contributed by atoms with Crippen LogP contribution in [0.4, 0.5) is 0 Å². The van der Waals surface area contributed by atoms with Gasteiger partial charge in [0.05, 0.1) is 17.8 Å². The van der Waals surface area contributed by atoms with Crippen molar-refractivity contribution in [3.63, 3.8) is 0 Å². The largest absolute Gasteiger partial charge is 0.481 e. The van der Waals surface area contributed by atoms with Crippen LogP contribution in [0, 0.1) is 5.41 Å². The Morgan fingerprint density at radius 1 is 1.33 bits per heavy atom. The van der Waals surface area contributed by atoms with E-state index in [-0.39, 0.29) is 16.8 Å². The van der Waals surface area contributed by atoms with Crippen LogP contribution in [0.5, 0.6) is 0 Å². The van der Waals surface area contributed by atoms with Gasteiger partial charge in [-0.15, -0.1) is 0 Å². The van der Waals surface area contributed by atoms with Crippen LogP contribution in [0.1, 0.15) is 43.1 Å². The van der Waals surface area contributed by atoms with Gasteiger partial charge in [-0.1, -0.05) is 24.9 Å². The Morgan fingerprint density at radius 2 is 2.00 bits per heavy atom. The van der Waals surface area contributed by atoms with Crippen LogP contribution in [0.2, 0.25) is 5.15 Å². The Labute approximate surface area is 128 Å². The molecule has 1 N–H and O–H groups in total. The van der Waals surface area contributed by atoms with Crippen LogP contribution in [-0.2, 0) is 4.79 Å². The first-order chi connectivity index (χ1) is 9.98. The number of amides is 1. The zero-order valence-electron chi connectivity index (χ0n) is 11.9. The number of aromatic nitrogens is 2. The Morgan fingerprint density at radius 3 is 2.48 bits per heavy atom. The minimum atomic E-state index is -0.761. The molecule has 1 aromatic rings. The molecule has 1 amide bonds. The summed E-state index contributed by atoms with van der Waals surface area (Å²) < 4.78 is 0. The molecule has 0 saturated carbocycles. The first-order valence-electron chi connectivity index (χ1n) is 6.99. The van der Waals surface area contributed by atoms with E-state index in [4.69, 9.17) is 11.6 Å². The maximum absolute atomic E-state index is 12.3. The molecule has 2 rings (SSSR count). The minimum Gasteiger partial charge on any atom is -0.481 e. The second-order valence-corrected chi connectivity index (χ2v) is 5.74. The van der Waals surface area contributed by atoms with Crippen LogP contribution < -0.4 is 0 Å². The molecule has 0 spiro atoms. The summed E-state index contributed by atoms with van der Waals surface area (Å²) in [7, 11) is 0. The first kappa shape index (κ1) is 15.7. The summed E-state index contributed by atoms with van der Waals surface area (Å²) in [5.41, 5.74) is -0.463. The third kappa shape index (κ3) is 3.32. The molecule has 0 bridgehead atoms. The molecular formula is C14H18ClN3O3. The minimum absolute atomic E-state index is 0.227. The average molecular weight is 312 g/mol. The molecule has 6 nitrogen and oxygen atoms in total. The Kier molecular flexibility index (Phi) is 4.77. The summed E-state index contributed by atoms with van der Waals surface area (Å²) in [6.45, 7) is 2.83. The molecule has 21 heavy (non-hydrogen) atoms. The molecule has 0 atom stereocenters. The number of likely N-dealkylation sites (tertiary alicyclic amines) is 1. The van der Waals surface area contributed by atoms with Crippen molar-refractivity contribution in [1.29, 1.82) is 0 Å². The monoisotopic (exact) mass is 311 g/mol. The summed E-state index contributed by atoms with van der Waals surface area (Å²) in [4.78, 5) is 33.2. The van der Waals surface area contributed by atoms with Crippen molar-refractivity contribution < 1.29 is 14.7 Å². The maximum atomic E-state index is 12.3. The van der Waals surface area contributed by atoms with Crippen molar-refractivity contribution in [2.24, 2.45) is 5.41 Å². The molecule has 1 aliphatic heterocycles. The number of aliphatic carboxylic acids is 1. The van der Waals surface area contributed by atoms with Gasteiger partial charge >= 0.3 is 5.97 Å². The molecule has 0 unspecified atom stereocenters. The Bertz CT molecular complexity index is 525. The molecule has 0 aliphatic carbocycles. The first-order valence-corrected chi connectivity index (χ1v) is 7.36. The highest BCUT2D eigenvalue weighted by molar-refractivity contribution is 6.29. The van der Waals surface area contributed by atoms with Crippen molar-refractivity contribution in [3.8, 4) is 0 Å². The summed E-state index contributed by atoms with van der Waals surface area (Å²) >= 11 is 5.65. The predicted molar refractivity (Wildman–Crippen MR) is 77.2 cm³/mol. The van der Waals surface area contributed by atoms with Gasteiger partial charge in [-0.3, -0.25) is 9.59 Å². The Hall–Kier alpha value is -1.69. The highest BCUT2D eigenvalue weighted by Crippen LogP contribution is 2.36. The number of hydrogen-bond acceptors (Lipinski definition) is 4. The topological polar surface area (TPSA) is 83.4 Å². The molecule has 1 saturated heterocycles. The van der Waals surface area contributed by atoms with E-state index in [0.29, 0.717) is 32.4 Å². The molecule has 0 radical (unpaired) electrons. The summed E-state index contributed by atoms with van der Waals surface area (Å²) in [6, 6.07) is 0. The number of nitrogens with zero attached hydrogens (tertiary/aromatic N) is 3. The second kappa shape index (κ2) is 6.39. The van der Waals surface area contributed by atoms with Crippen molar-refractivity contribution >= 4 is 23.5 Å². The predicted octanol–water partition coefficient (Wildman–Crippen LogP) is 2.24. The van der Waals surface area contributed by atoms with E-state index in [1.54, 1.807) is 4.90 Å². The van der Waals surface area contributed by atoms with Crippen LogP contribution in [0.25, 0.3) is 0 Å². The number of carboxylic acid groups (broad SMARTS) is 1. The lowest BCUT2D eigenvalue weighted by atomic mass is 9.75. The maximum Gasteiger partial charge on any atom is 0.309 e. The number of halogens is 1. The molecule has 7 heteroatoms. The smallest absolute Gasteiger partial charge is 0.309 e. The van der Waals surface area contributed by atoms with Crippen molar-refractivity contribution in [1.82, 2.24) is 14.9 Å². The van der Waals surface area contributed by atoms with Gasteiger partial charge in [-0.05, 0) is 19.3 Å². The number of rotatable bonds is 4. The number of carbonyl (C=O) groups excluding carboxylic acids is 1. The highest BCUT2D eigenvalue weighted by atomic mass is 35.5. The summed E-state index contributed by atoms with van der Waals surface area (Å²) in [5.74, 6) is -0.989. The van der Waals surface area contributed by atoms with Crippen LogP contribution in [-0.4, -0.2) is 44.9 Å². The zero-order chi connectivity index (χ0) is 15.5. The van der Waals surface area contributed by atoms with Gasteiger partial charge in [0.1, 0.15) is 10.8 Å². The van der Waals surface area contributed by atoms with E-state index in [2.05, 4.69) is 9.97 Å². The normalized spacial score (nSPS) is 17.5. The van der Waals surface area contributed by atoms with Gasteiger partial charge in [-0.25, -0.2) is 9.97 Å². The lowest BCUT2D eigenvalue weighted by Gasteiger charge is -2.38. The van der Waals surface area contributed by atoms with Crippen LogP contribution in [0.15, 0.2) is 12.4 Å².